The van der Waals surface area contributed by atoms with Crippen molar-refractivity contribution in [1.82, 2.24) is 5.32 Å². The van der Waals surface area contributed by atoms with Crippen LogP contribution in [0.4, 0.5) is 0 Å². The highest BCUT2D eigenvalue weighted by atomic mass is 16.2. The monoisotopic (exact) mass is 228 g/mol. The fraction of sp³-hybridized carbons (Fsp3) is 0.833. The van der Waals surface area contributed by atoms with Crippen molar-refractivity contribution in [3.05, 3.63) is 0 Å². The lowest BCUT2D eigenvalue weighted by Gasteiger charge is -2.22. The number of rotatable bonds is 7. The number of carbonyl (C=O) groups excluding carboxylic acids is 2. The molecule has 0 aliphatic carbocycles. The van der Waals surface area contributed by atoms with Crippen molar-refractivity contribution in [3.63, 3.8) is 0 Å². The molecule has 0 aromatic heterocycles. The van der Waals surface area contributed by atoms with Crippen molar-refractivity contribution in [2.24, 2.45) is 17.6 Å². The van der Waals surface area contributed by atoms with Gasteiger partial charge in [0.25, 0.3) is 0 Å². The molecule has 2 amide bonds. The minimum atomic E-state index is -0.316. The van der Waals surface area contributed by atoms with Crippen LogP contribution in [0.2, 0.25) is 0 Å². The maximum absolute atomic E-state index is 11.6. The van der Waals surface area contributed by atoms with Gasteiger partial charge in [0.1, 0.15) is 0 Å². The highest BCUT2D eigenvalue weighted by molar-refractivity contribution is 5.77. The first-order chi connectivity index (χ1) is 7.32. The van der Waals surface area contributed by atoms with E-state index in [0.29, 0.717) is 31.1 Å². The summed E-state index contributed by atoms with van der Waals surface area (Å²) in [5.41, 5.74) is 5.10. The molecule has 0 aromatic carbocycles. The molecule has 4 nitrogen and oxygen atoms in total. The summed E-state index contributed by atoms with van der Waals surface area (Å²) < 4.78 is 0. The van der Waals surface area contributed by atoms with E-state index in [0.717, 1.165) is 0 Å². The Morgan fingerprint density at radius 2 is 1.75 bits per heavy atom. The Bertz CT molecular complexity index is 237. The molecular weight excluding hydrogens is 204 g/mol. The first-order valence-electron chi connectivity index (χ1n) is 5.90. The third-order valence-corrected chi connectivity index (χ3v) is 2.45. The maximum atomic E-state index is 11.6. The standard InChI is InChI=1S/C12H24N2O2/c1-8(2)7-12(16)14-10(9(3)4)5-6-11(13)15/h8-10H,5-7H2,1-4H3,(H2,13,15)(H,14,16). The summed E-state index contributed by atoms with van der Waals surface area (Å²) in [6.45, 7) is 8.07. The Kier molecular flexibility index (Phi) is 6.77. The van der Waals surface area contributed by atoms with E-state index in [1.807, 2.05) is 27.7 Å². The van der Waals surface area contributed by atoms with Gasteiger partial charge in [0.2, 0.25) is 11.8 Å². The normalized spacial score (nSPS) is 12.9. The molecule has 1 atom stereocenters. The third kappa shape index (κ3) is 7.26. The number of carbonyl (C=O) groups is 2. The Morgan fingerprint density at radius 1 is 1.19 bits per heavy atom. The summed E-state index contributed by atoms with van der Waals surface area (Å²) in [5, 5.41) is 2.96. The van der Waals surface area contributed by atoms with Crippen LogP contribution in [-0.4, -0.2) is 17.9 Å². The highest BCUT2D eigenvalue weighted by Crippen LogP contribution is 2.09. The van der Waals surface area contributed by atoms with Crippen molar-refractivity contribution in [1.29, 1.82) is 0 Å². The molecule has 0 rings (SSSR count). The highest BCUT2D eigenvalue weighted by Gasteiger charge is 2.17. The zero-order chi connectivity index (χ0) is 12.7. The van der Waals surface area contributed by atoms with Crippen LogP contribution in [0.1, 0.15) is 47.0 Å². The van der Waals surface area contributed by atoms with E-state index in [9.17, 15) is 9.59 Å². The number of nitrogens with two attached hydrogens (primary N) is 1. The van der Waals surface area contributed by atoms with Crippen molar-refractivity contribution in [2.45, 2.75) is 53.0 Å². The molecule has 3 N–H and O–H groups in total. The molecule has 4 heteroatoms. The first kappa shape index (κ1) is 14.9. The van der Waals surface area contributed by atoms with Crippen LogP contribution >= 0.6 is 0 Å². The van der Waals surface area contributed by atoms with Crippen LogP contribution < -0.4 is 11.1 Å². The van der Waals surface area contributed by atoms with Gasteiger partial charge in [-0.15, -0.1) is 0 Å². The van der Waals surface area contributed by atoms with Gasteiger partial charge in [-0.05, 0) is 18.3 Å². The Hall–Kier alpha value is -1.06. The number of primary amides is 1. The third-order valence-electron chi connectivity index (χ3n) is 2.45. The van der Waals surface area contributed by atoms with Crippen molar-refractivity contribution < 1.29 is 9.59 Å². The molecule has 0 aromatic rings. The van der Waals surface area contributed by atoms with Gasteiger partial charge in [-0.3, -0.25) is 9.59 Å². The summed E-state index contributed by atoms with van der Waals surface area (Å²) in [6.07, 6.45) is 1.47. The Morgan fingerprint density at radius 3 is 2.12 bits per heavy atom. The second-order valence-corrected chi connectivity index (χ2v) is 5.02. The molecule has 0 heterocycles. The van der Waals surface area contributed by atoms with Crippen LogP contribution in [-0.2, 0) is 9.59 Å². The molecule has 94 valence electrons. The predicted molar refractivity (Wildman–Crippen MR) is 64.7 cm³/mol. The van der Waals surface area contributed by atoms with E-state index in [1.165, 1.54) is 0 Å². The van der Waals surface area contributed by atoms with Gasteiger partial charge in [-0.25, -0.2) is 0 Å². The molecule has 1 unspecified atom stereocenters. The van der Waals surface area contributed by atoms with E-state index < -0.39 is 0 Å². The molecule has 0 bridgehead atoms. The van der Waals surface area contributed by atoms with Gasteiger partial charge in [0.15, 0.2) is 0 Å². The van der Waals surface area contributed by atoms with Gasteiger partial charge in [0, 0.05) is 18.9 Å². The summed E-state index contributed by atoms with van der Waals surface area (Å²) in [5.74, 6) is 0.404. The van der Waals surface area contributed by atoms with E-state index in [-0.39, 0.29) is 17.9 Å². The van der Waals surface area contributed by atoms with Crippen LogP contribution in [0.5, 0.6) is 0 Å². The van der Waals surface area contributed by atoms with Gasteiger partial charge in [0.05, 0.1) is 0 Å². The molecular formula is C12H24N2O2. The summed E-state index contributed by atoms with van der Waals surface area (Å²) in [6, 6.07) is 0.0405. The van der Waals surface area contributed by atoms with Crippen LogP contribution in [0, 0.1) is 11.8 Å². The van der Waals surface area contributed by atoms with Crippen molar-refractivity contribution in [3.8, 4) is 0 Å². The van der Waals surface area contributed by atoms with E-state index in [1.54, 1.807) is 0 Å². The van der Waals surface area contributed by atoms with Gasteiger partial charge in [-0.2, -0.15) is 0 Å². The average molecular weight is 228 g/mol. The zero-order valence-corrected chi connectivity index (χ0v) is 10.7. The lowest BCUT2D eigenvalue weighted by atomic mass is 9.98. The minimum absolute atomic E-state index is 0.0405. The number of hydrogen-bond donors (Lipinski definition) is 2. The molecule has 0 radical (unpaired) electrons. The quantitative estimate of drug-likeness (QED) is 0.692. The maximum Gasteiger partial charge on any atom is 0.220 e. The molecule has 0 aliphatic rings. The largest absolute Gasteiger partial charge is 0.370 e. The van der Waals surface area contributed by atoms with Gasteiger partial charge < -0.3 is 11.1 Å². The summed E-state index contributed by atoms with van der Waals surface area (Å²) in [4.78, 5) is 22.3. The molecule has 16 heavy (non-hydrogen) atoms. The first-order valence-corrected chi connectivity index (χ1v) is 5.90. The molecule has 0 fully saturated rings. The fourth-order valence-electron chi connectivity index (χ4n) is 1.51. The lowest BCUT2D eigenvalue weighted by Crippen LogP contribution is -2.39. The van der Waals surface area contributed by atoms with Gasteiger partial charge in [-0.1, -0.05) is 27.7 Å². The number of nitrogens with one attached hydrogen (secondary N) is 1. The molecule has 0 aliphatic heterocycles. The smallest absolute Gasteiger partial charge is 0.220 e. The molecule has 0 saturated heterocycles. The molecule has 0 spiro atoms. The Labute approximate surface area is 98.0 Å². The second kappa shape index (κ2) is 7.25. The van der Waals surface area contributed by atoms with E-state index >= 15 is 0 Å². The number of hydrogen-bond acceptors (Lipinski definition) is 2. The molecule has 0 saturated carbocycles. The SMILES string of the molecule is CC(C)CC(=O)NC(CCC(N)=O)C(C)C. The van der Waals surface area contributed by atoms with E-state index in [2.05, 4.69) is 5.32 Å². The minimum Gasteiger partial charge on any atom is -0.370 e. The van der Waals surface area contributed by atoms with Gasteiger partial charge >= 0.3 is 0 Å². The van der Waals surface area contributed by atoms with Crippen LogP contribution in [0.15, 0.2) is 0 Å². The van der Waals surface area contributed by atoms with Crippen LogP contribution in [0.25, 0.3) is 0 Å². The van der Waals surface area contributed by atoms with Crippen LogP contribution in [0.3, 0.4) is 0 Å². The van der Waals surface area contributed by atoms with Crippen molar-refractivity contribution >= 4 is 11.8 Å². The average Bonchev–Trinajstić information content (AvgIpc) is 2.09. The van der Waals surface area contributed by atoms with E-state index in [4.69, 9.17) is 5.73 Å². The topological polar surface area (TPSA) is 72.2 Å². The predicted octanol–water partition coefficient (Wildman–Crippen LogP) is 1.44. The number of amides is 2. The zero-order valence-electron chi connectivity index (χ0n) is 10.7. The summed E-state index contributed by atoms with van der Waals surface area (Å²) in [7, 11) is 0. The fourth-order valence-corrected chi connectivity index (χ4v) is 1.51. The summed E-state index contributed by atoms with van der Waals surface area (Å²) >= 11 is 0. The Balaban J connectivity index is 4.12. The lowest BCUT2D eigenvalue weighted by molar-refractivity contribution is -0.123. The second-order valence-electron chi connectivity index (χ2n) is 5.02. The van der Waals surface area contributed by atoms with Crippen molar-refractivity contribution in [2.75, 3.05) is 0 Å².